The fourth-order valence-electron chi connectivity index (χ4n) is 7.42. The van der Waals surface area contributed by atoms with E-state index in [-0.39, 0.29) is 44.1 Å². The molecule has 4 aliphatic rings. The highest BCUT2D eigenvalue weighted by Crippen LogP contribution is 2.42. The van der Waals surface area contributed by atoms with Crippen molar-refractivity contribution in [1.29, 1.82) is 0 Å². The smallest absolute Gasteiger partial charge is 0.330 e. The second-order valence-electron chi connectivity index (χ2n) is 14.8. The lowest BCUT2D eigenvalue weighted by atomic mass is 9.83. The van der Waals surface area contributed by atoms with Crippen molar-refractivity contribution < 1.29 is 68.0 Å². The number of methoxy groups -OCH3 is 1. The summed E-state index contributed by atoms with van der Waals surface area (Å²) in [6.45, 7) is 5.53. The van der Waals surface area contributed by atoms with Gasteiger partial charge in [-0.2, -0.15) is 0 Å². The Balaban J connectivity index is 1.68. The molecular weight excluding hydrogens is 680 g/mol. The van der Waals surface area contributed by atoms with Gasteiger partial charge in [-0.05, 0) is 50.7 Å². The quantitative estimate of drug-likeness (QED) is 0.0879. The fourth-order valence-corrected chi connectivity index (χ4v) is 7.42. The first-order chi connectivity index (χ1) is 24.7. The van der Waals surface area contributed by atoms with Crippen LogP contribution in [0.1, 0.15) is 117 Å². The summed E-state index contributed by atoms with van der Waals surface area (Å²) in [5, 5.41) is 45.3. The fraction of sp³-hybridized carbons (Fsp3) is 0.816. The van der Waals surface area contributed by atoms with Crippen molar-refractivity contribution >= 4 is 17.9 Å². The average Bonchev–Trinajstić information content (AvgIpc) is 3.07. The Kier molecular flexibility index (Phi) is 16.1. The van der Waals surface area contributed by atoms with Crippen molar-refractivity contribution in [3.8, 4) is 0 Å². The molecular formula is C38H60O14. The minimum Gasteiger partial charge on any atom is -0.466 e. The number of unbranched alkanes of at least 4 members (excludes halogenated alkanes) is 4. The Hall–Kier alpha value is -2.43. The van der Waals surface area contributed by atoms with Crippen LogP contribution in [0.2, 0.25) is 0 Å². The molecule has 3 fully saturated rings. The van der Waals surface area contributed by atoms with Gasteiger partial charge in [0.1, 0.15) is 6.10 Å². The van der Waals surface area contributed by atoms with Gasteiger partial charge in [-0.25, -0.2) is 4.79 Å². The number of aliphatic hydroxyl groups is 4. The van der Waals surface area contributed by atoms with Gasteiger partial charge in [0, 0.05) is 44.1 Å². The second kappa shape index (κ2) is 19.8. The zero-order chi connectivity index (χ0) is 37.9. The van der Waals surface area contributed by atoms with Crippen LogP contribution >= 0.6 is 0 Å². The van der Waals surface area contributed by atoms with Crippen molar-refractivity contribution in [2.24, 2.45) is 5.92 Å². The molecule has 6 bridgehead atoms. The summed E-state index contributed by atoms with van der Waals surface area (Å²) in [5.41, 5.74) is 0.225. The number of carbonyl (C=O) groups is 3. The van der Waals surface area contributed by atoms with E-state index in [0.29, 0.717) is 38.7 Å². The normalized spacial score (nSPS) is 38.4. The molecule has 4 heterocycles. The molecule has 0 saturated carbocycles. The number of rotatable bonds is 9. The first kappa shape index (κ1) is 42.3. The Labute approximate surface area is 306 Å². The molecule has 0 aromatic carbocycles. The number of hydrogen-bond acceptors (Lipinski definition) is 14. The number of carbonyl (C=O) groups excluding carboxylic acids is 3. The van der Waals surface area contributed by atoms with Crippen LogP contribution < -0.4 is 0 Å². The monoisotopic (exact) mass is 740 g/mol. The van der Waals surface area contributed by atoms with Crippen molar-refractivity contribution in [2.75, 3.05) is 13.7 Å². The molecule has 0 aliphatic carbocycles. The number of ether oxygens (including phenoxy) is 7. The lowest BCUT2D eigenvalue weighted by Crippen LogP contribution is -2.58. The van der Waals surface area contributed by atoms with Crippen LogP contribution in [0.5, 0.6) is 0 Å². The van der Waals surface area contributed by atoms with Crippen molar-refractivity contribution in [3.05, 3.63) is 23.8 Å². The first-order valence-corrected chi connectivity index (χ1v) is 19.0. The van der Waals surface area contributed by atoms with Crippen LogP contribution in [-0.4, -0.2) is 113 Å². The van der Waals surface area contributed by atoms with E-state index < -0.39 is 84.4 Å². The van der Waals surface area contributed by atoms with Crippen molar-refractivity contribution in [1.82, 2.24) is 0 Å². The molecule has 14 nitrogen and oxygen atoms in total. The van der Waals surface area contributed by atoms with Gasteiger partial charge in [0.2, 0.25) is 5.79 Å². The molecule has 11 atom stereocenters. The van der Waals surface area contributed by atoms with E-state index in [0.717, 1.165) is 31.8 Å². The van der Waals surface area contributed by atoms with Crippen LogP contribution in [0, 0.1) is 5.92 Å². The van der Waals surface area contributed by atoms with Crippen LogP contribution in [0.25, 0.3) is 0 Å². The standard InChI is InChI=1S/C38H60O14/c1-5-6-7-8-9-12-32(41)50-36-26(19-33(42)46-4)18-30-22-31(25(3)39)49-34(43)21-27(40)20-28-11-10-16-37(44,51-28)23-29-15-17-47-35(48-29)14-13-24(2)38(36,45)52-30/h13-14,19,24-25,27-31,35-36,39-40,44-45H,5-12,15-18,20-23H2,1-4H3/b14-13+,26-19+/t24-,25+,27+,28-,29-,30?,31?,35-,36-,37+,38-/m0/s1. The van der Waals surface area contributed by atoms with Crippen molar-refractivity contribution in [3.63, 3.8) is 0 Å². The zero-order valence-corrected chi connectivity index (χ0v) is 31.1. The molecule has 0 aromatic heterocycles. The molecule has 0 aromatic rings. The summed E-state index contributed by atoms with van der Waals surface area (Å²) >= 11 is 0. The molecule has 0 spiro atoms. The number of aliphatic hydroxyl groups excluding tert-OH is 2. The average molecular weight is 741 g/mol. The third kappa shape index (κ3) is 12.3. The van der Waals surface area contributed by atoms with Crippen LogP contribution in [-0.2, 0) is 47.5 Å². The van der Waals surface area contributed by atoms with E-state index in [2.05, 4.69) is 6.92 Å². The summed E-state index contributed by atoms with van der Waals surface area (Å²) in [5.74, 6) is -6.71. The van der Waals surface area contributed by atoms with Gasteiger partial charge < -0.3 is 53.6 Å². The SMILES string of the molecule is CCCCCCCC(=O)O[C@H]1/C(=C/C(=O)OC)CC2CC([C@@H](C)O)OC(=O)C[C@H](O)C[C@@H]3CCC[C@](O)(C[C@@H]4CCO[C@H](/C=C/[C@H](C)[C@]1(O)O2)O4)O3. The molecule has 3 saturated heterocycles. The van der Waals surface area contributed by atoms with E-state index in [9.17, 15) is 34.8 Å². The Morgan fingerprint density at radius 3 is 2.54 bits per heavy atom. The highest BCUT2D eigenvalue weighted by Gasteiger charge is 2.53. The minimum atomic E-state index is -2.24. The first-order valence-electron chi connectivity index (χ1n) is 19.0. The predicted octanol–water partition coefficient (Wildman–Crippen LogP) is 3.64. The molecule has 4 aliphatic heterocycles. The molecule has 2 unspecified atom stereocenters. The number of cyclic esters (lactones) is 1. The van der Waals surface area contributed by atoms with E-state index in [4.69, 9.17) is 33.2 Å². The van der Waals surface area contributed by atoms with Crippen LogP contribution in [0.15, 0.2) is 23.8 Å². The number of fused-ring (bicyclic) bond motifs is 6. The van der Waals surface area contributed by atoms with Crippen LogP contribution in [0.4, 0.5) is 0 Å². The summed E-state index contributed by atoms with van der Waals surface area (Å²) in [4.78, 5) is 38.9. The maximum atomic E-state index is 13.2. The highest BCUT2D eigenvalue weighted by atomic mass is 16.7. The molecule has 4 rings (SSSR count). The van der Waals surface area contributed by atoms with E-state index in [1.165, 1.54) is 14.0 Å². The summed E-state index contributed by atoms with van der Waals surface area (Å²) in [7, 11) is 1.21. The summed E-state index contributed by atoms with van der Waals surface area (Å²) in [6.07, 6.45) is 3.34. The van der Waals surface area contributed by atoms with Gasteiger partial charge >= 0.3 is 17.9 Å². The largest absolute Gasteiger partial charge is 0.466 e. The van der Waals surface area contributed by atoms with Gasteiger partial charge in [0.15, 0.2) is 18.2 Å². The second-order valence-corrected chi connectivity index (χ2v) is 14.8. The molecule has 0 amide bonds. The summed E-state index contributed by atoms with van der Waals surface area (Å²) < 4.78 is 40.9. The molecule has 4 N–H and O–H groups in total. The van der Waals surface area contributed by atoms with E-state index >= 15 is 0 Å². The molecule has 14 heteroatoms. The Morgan fingerprint density at radius 1 is 1.04 bits per heavy atom. The predicted molar refractivity (Wildman–Crippen MR) is 185 cm³/mol. The van der Waals surface area contributed by atoms with Gasteiger partial charge in [-0.1, -0.05) is 45.6 Å². The third-order valence-electron chi connectivity index (χ3n) is 10.3. The van der Waals surface area contributed by atoms with Gasteiger partial charge in [0.25, 0.3) is 0 Å². The maximum absolute atomic E-state index is 13.2. The Morgan fingerprint density at radius 2 is 1.81 bits per heavy atom. The lowest BCUT2D eigenvalue weighted by Gasteiger charge is -2.47. The highest BCUT2D eigenvalue weighted by molar-refractivity contribution is 5.83. The minimum absolute atomic E-state index is 0.0237. The number of esters is 3. The van der Waals surface area contributed by atoms with Gasteiger partial charge in [0.05, 0.1) is 50.7 Å². The number of hydrogen-bond donors (Lipinski definition) is 4. The molecule has 52 heavy (non-hydrogen) atoms. The van der Waals surface area contributed by atoms with E-state index in [1.54, 1.807) is 19.1 Å². The van der Waals surface area contributed by atoms with Gasteiger partial charge in [-0.15, -0.1) is 0 Å². The molecule has 0 radical (unpaired) electrons. The van der Waals surface area contributed by atoms with E-state index in [1.807, 2.05) is 0 Å². The maximum Gasteiger partial charge on any atom is 0.330 e. The Bertz CT molecular complexity index is 1240. The summed E-state index contributed by atoms with van der Waals surface area (Å²) in [6, 6.07) is 0. The topological polar surface area (TPSA) is 197 Å². The third-order valence-corrected chi connectivity index (χ3v) is 10.3. The molecule has 296 valence electrons. The zero-order valence-electron chi connectivity index (χ0n) is 31.1. The van der Waals surface area contributed by atoms with Gasteiger partial charge in [-0.3, -0.25) is 9.59 Å². The lowest BCUT2D eigenvalue weighted by molar-refractivity contribution is -0.307. The van der Waals surface area contributed by atoms with Crippen molar-refractivity contribution in [2.45, 2.75) is 178 Å². The van der Waals surface area contributed by atoms with Crippen LogP contribution in [0.3, 0.4) is 0 Å².